The van der Waals surface area contributed by atoms with E-state index in [4.69, 9.17) is 10.00 Å². The zero-order valence-electron chi connectivity index (χ0n) is 12.0. The lowest BCUT2D eigenvalue weighted by Crippen LogP contribution is -1.96. The lowest BCUT2D eigenvalue weighted by atomic mass is 10.1. The highest BCUT2D eigenvalue weighted by Crippen LogP contribution is 2.19. The minimum Gasteiger partial charge on any atom is -0.494 e. The van der Waals surface area contributed by atoms with Crippen LogP contribution in [0.25, 0.3) is 11.6 Å². The van der Waals surface area contributed by atoms with Crippen LogP contribution in [0.15, 0.2) is 42.9 Å². The predicted molar refractivity (Wildman–Crippen MR) is 82.4 cm³/mol. The zero-order valence-corrected chi connectivity index (χ0v) is 12.0. The summed E-state index contributed by atoms with van der Waals surface area (Å²) in [6.45, 7) is 2.56. The highest BCUT2D eigenvalue weighted by Gasteiger charge is 1.99. The quantitative estimate of drug-likeness (QED) is 0.756. The molecule has 0 bridgehead atoms. The van der Waals surface area contributed by atoms with Gasteiger partial charge in [-0.05, 0) is 42.7 Å². The average molecular weight is 279 g/mol. The second kappa shape index (κ2) is 7.81. The maximum absolute atomic E-state index is 8.49. The summed E-state index contributed by atoms with van der Waals surface area (Å²) in [6.07, 6.45) is 8.40. The minimum absolute atomic E-state index is 0.519. The first-order valence-electron chi connectivity index (χ1n) is 6.84. The van der Waals surface area contributed by atoms with Gasteiger partial charge in [0.15, 0.2) is 0 Å². The molecule has 0 spiro atoms. The third-order valence-corrected chi connectivity index (χ3v) is 2.91. The van der Waals surface area contributed by atoms with Crippen molar-refractivity contribution in [2.45, 2.75) is 19.8 Å². The molecule has 21 heavy (non-hydrogen) atoms. The van der Waals surface area contributed by atoms with E-state index >= 15 is 0 Å². The van der Waals surface area contributed by atoms with Gasteiger partial charge in [-0.15, -0.1) is 0 Å². The second-order valence-electron chi connectivity index (χ2n) is 4.60. The van der Waals surface area contributed by atoms with Gasteiger partial charge in [-0.3, -0.25) is 9.97 Å². The van der Waals surface area contributed by atoms with Gasteiger partial charge < -0.3 is 4.74 Å². The SMILES string of the molecule is C/C(=C\c1cccc(OCCCC#N)c1)c1cnccn1. The topological polar surface area (TPSA) is 58.8 Å². The van der Waals surface area contributed by atoms with Crippen molar-refractivity contribution in [2.75, 3.05) is 6.61 Å². The van der Waals surface area contributed by atoms with Gasteiger partial charge in [0.05, 0.1) is 24.6 Å². The van der Waals surface area contributed by atoms with Crippen molar-refractivity contribution < 1.29 is 4.74 Å². The van der Waals surface area contributed by atoms with E-state index in [-0.39, 0.29) is 0 Å². The standard InChI is InChI=1S/C17H17N3O/c1-14(17-13-19-8-9-20-17)11-15-5-4-6-16(12-15)21-10-3-2-7-18/h4-6,8-9,11-13H,2-3,10H2,1H3/b14-11+. The third-order valence-electron chi connectivity index (χ3n) is 2.91. The fourth-order valence-electron chi connectivity index (χ4n) is 1.86. The summed E-state index contributed by atoms with van der Waals surface area (Å²) < 4.78 is 5.63. The van der Waals surface area contributed by atoms with Gasteiger partial charge in [0, 0.05) is 18.8 Å². The minimum atomic E-state index is 0.519. The molecular formula is C17H17N3O. The highest BCUT2D eigenvalue weighted by atomic mass is 16.5. The Morgan fingerprint density at radius 3 is 3.05 bits per heavy atom. The molecule has 0 N–H and O–H groups in total. The largest absolute Gasteiger partial charge is 0.494 e. The molecule has 0 unspecified atom stereocenters. The monoisotopic (exact) mass is 279 g/mol. The van der Waals surface area contributed by atoms with Crippen LogP contribution >= 0.6 is 0 Å². The van der Waals surface area contributed by atoms with Gasteiger partial charge in [0.2, 0.25) is 0 Å². The average Bonchev–Trinajstić information content (AvgIpc) is 2.53. The van der Waals surface area contributed by atoms with Crippen molar-refractivity contribution in [2.24, 2.45) is 0 Å². The van der Waals surface area contributed by atoms with Crippen molar-refractivity contribution in [1.82, 2.24) is 9.97 Å². The molecule has 1 aromatic carbocycles. The molecule has 1 heterocycles. The number of allylic oxidation sites excluding steroid dienone is 1. The summed E-state index contributed by atoms with van der Waals surface area (Å²) in [7, 11) is 0. The normalized spacial score (nSPS) is 11.0. The van der Waals surface area contributed by atoms with Crippen molar-refractivity contribution >= 4 is 11.6 Å². The van der Waals surface area contributed by atoms with E-state index in [1.165, 1.54) is 0 Å². The first-order valence-corrected chi connectivity index (χ1v) is 6.84. The number of nitriles is 1. The molecule has 0 aliphatic rings. The van der Waals surface area contributed by atoms with E-state index in [0.29, 0.717) is 13.0 Å². The third kappa shape index (κ3) is 4.73. The van der Waals surface area contributed by atoms with Crippen LogP contribution in [0.1, 0.15) is 31.0 Å². The zero-order chi connectivity index (χ0) is 14.9. The van der Waals surface area contributed by atoms with Crippen LogP contribution in [0, 0.1) is 11.3 Å². The first kappa shape index (κ1) is 14.7. The van der Waals surface area contributed by atoms with E-state index in [1.54, 1.807) is 18.6 Å². The number of benzene rings is 1. The molecule has 0 amide bonds. The van der Waals surface area contributed by atoms with Crippen LogP contribution in [-0.4, -0.2) is 16.6 Å². The van der Waals surface area contributed by atoms with Crippen LogP contribution in [0.4, 0.5) is 0 Å². The lowest BCUT2D eigenvalue weighted by Gasteiger charge is -2.06. The van der Waals surface area contributed by atoms with Crippen LogP contribution in [0.5, 0.6) is 5.75 Å². The van der Waals surface area contributed by atoms with Crippen molar-refractivity contribution in [3.63, 3.8) is 0 Å². The number of hydrogen-bond donors (Lipinski definition) is 0. The Bertz CT molecular complexity index is 645. The fourth-order valence-corrected chi connectivity index (χ4v) is 1.86. The predicted octanol–water partition coefficient (Wildman–Crippen LogP) is 3.72. The molecule has 106 valence electrons. The smallest absolute Gasteiger partial charge is 0.119 e. The molecule has 1 aromatic heterocycles. The Kier molecular flexibility index (Phi) is 5.48. The van der Waals surface area contributed by atoms with E-state index in [9.17, 15) is 0 Å². The summed E-state index contributed by atoms with van der Waals surface area (Å²) in [5, 5.41) is 8.49. The molecule has 0 aliphatic heterocycles. The summed E-state index contributed by atoms with van der Waals surface area (Å²) in [4.78, 5) is 8.34. The maximum atomic E-state index is 8.49. The molecule has 0 radical (unpaired) electrons. The van der Waals surface area contributed by atoms with E-state index in [0.717, 1.165) is 29.0 Å². The second-order valence-corrected chi connectivity index (χ2v) is 4.60. The Hall–Kier alpha value is -2.67. The van der Waals surface area contributed by atoms with Crippen molar-refractivity contribution in [1.29, 1.82) is 5.26 Å². The van der Waals surface area contributed by atoms with Crippen LogP contribution in [0.2, 0.25) is 0 Å². The Balaban J connectivity index is 2.05. The number of hydrogen-bond acceptors (Lipinski definition) is 4. The number of aromatic nitrogens is 2. The van der Waals surface area contributed by atoms with Gasteiger partial charge >= 0.3 is 0 Å². The lowest BCUT2D eigenvalue weighted by molar-refractivity contribution is 0.312. The van der Waals surface area contributed by atoms with E-state index in [1.807, 2.05) is 37.3 Å². The van der Waals surface area contributed by atoms with Crippen LogP contribution < -0.4 is 4.74 Å². The summed E-state index contributed by atoms with van der Waals surface area (Å²) in [5.74, 6) is 0.814. The summed E-state index contributed by atoms with van der Waals surface area (Å²) in [6, 6.07) is 9.97. The van der Waals surface area contributed by atoms with Crippen LogP contribution in [0.3, 0.4) is 0 Å². The maximum Gasteiger partial charge on any atom is 0.119 e. The van der Waals surface area contributed by atoms with Gasteiger partial charge in [0.25, 0.3) is 0 Å². The molecule has 0 atom stereocenters. The number of unbranched alkanes of at least 4 members (excludes halogenated alkanes) is 1. The van der Waals surface area contributed by atoms with Gasteiger partial charge in [-0.1, -0.05) is 12.1 Å². The molecule has 4 nitrogen and oxygen atoms in total. The molecule has 2 aromatic rings. The fraction of sp³-hybridized carbons (Fsp3) is 0.235. The first-order chi connectivity index (χ1) is 10.3. The molecule has 0 aliphatic carbocycles. The highest BCUT2D eigenvalue weighted by molar-refractivity contribution is 5.78. The van der Waals surface area contributed by atoms with Gasteiger partial charge in [0.1, 0.15) is 5.75 Å². The Morgan fingerprint density at radius 2 is 2.29 bits per heavy atom. The molecule has 2 rings (SSSR count). The van der Waals surface area contributed by atoms with Crippen LogP contribution in [-0.2, 0) is 0 Å². The van der Waals surface area contributed by atoms with E-state index in [2.05, 4.69) is 16.0 Å². The molecule has 4 heteroatoms. The molecule has 0 saturated heterocycles. The number of rotatable bonds is 6. The molecule has 0 fully saturated rings. The van der Waals surface area contributed by atoms with Gasteiger partial charge in [-0.2, -0.15) is 5.26 Å². The van der Waals surface area contributed by atoms with E-state index < -0.39 is 0 Å². The van der Waals surface area contributed by atoms with Crippen molar-refractivity contribution in [3.05, 3.63) is 54.1 Å². The number of nitrogens with zero attached hydrogens (tertiary/aromatic N) is 3. The Labute approximate surface area is 124 Å². The summed E-state index contributed by atoms with van der Waals surface area (Å²) in [5.41, 5.74) is 2.96. The van der Waals surface area contributed by atoms with Gasteiger partial charge in [-0.25, -0.2) is 0 Å². The summed E-state index contributed by atoms with van der Waals surface area (Å²) >= 11 is 0. The molecular weight excluding hydrogens is 262 g/mol. The number of ether oxygens (including phenoxy) is 1. The Morgan fingerprint density at radius 1 is 1.38 bits per heavy atom. The molecule has 0 saturated carbocycles. The van der Waals surface area contributed by atoms with Crippen molar-refractivity contribution in [3.8, 4) is 11.8 Å².